The molecule has 0 aliphatic carbocycles. The lowest BCUT2D eigenvalue weighted by atomic mass is 9.85. The van der Waals surface area contributed by atoms with Gasteiger partial charge in [0, 0.05) is 36.3 Å². The molecule has 49 heavy (non-hydrogen) atoms. The van der Waals surface area contributed by atoms with Crippen molar-refractivity contribution in [3.05, 3.63) is 29.8 Å². The maximum absolute atomic E-state index is 13.5. The van der Waals surface area contributed by atoms with Crippen molar-refractivity contribution in [2.75, 3.05) is 6.61 Å². The van der Waals surface area contributed by atoms with Crippen molar-refractivity contribution in [1.82, 2.24) is 0 Å². The molecule has 3 rings (SSSR count). The first kappa shape index (κ1) is 42.4. The minimum Gasteiger partial charge on any atom is -0.544 e. The Labute approximate surface area is 302 Å². The van der Waals surface area contributed by atoms with E-state index >= 15 is 0 Å². The number of ketones is 2. The van der Waals surface area contributed by atoms with Crippen LogP contribution in [0.1, 0.15) is 64.2 Å². The summed E-state index contributed by atoms with van der Waals surface area (Å²) in [6.45, 7) is 31.1. The van der Waals surface area contributed by atoms with Gasteiger partial charge in [-0.15, -0.1) is 0 Å². The Bertz CT molecular complexity index is 1210. The summed E-state index contributed by atoms with van der Waals surface area (Å²) in [5.74, 6) is 0.610. The number of Topliss-reactive ketones (excluding diaryl/α,β-unsaturated/α-hetero) is 2. The SMILES string of the molecule is CC[Si](CC)(CC)Oc1ccc(C(=O)CC(=O)C[C@H]2CO[C@@H](C[C@@H]3O[C@H]3[C@H](C)[C@H](C)O[Si](C)(C)C)[C@@H](O[Si](C)(C)C)[C@@H]2O[Si](C)(C)C)cc1. The number of epoxide rings is 1. The summed E-state index contributed by atoms with van der Waals surface area (Å²) in [6, 6.07) is 10.5. The van der Waals surface area contributed by atoms with Crippen LogP contribution in [-0.4, -0.2) is 88.1 Å². The smallest absolute Gasteiger partial charge is 0.250 e. The van der Waals surface area contributed by atoms with Crippen LogP contribution < -0.4 is 4.43 Å². The third-order valence-corrected chi connectivity index (χ3v) is 17.4. The number of hydrogen-bond acceptors (Lipinski definition) is 8. The summed E-state index contributed by atoms with van der Waals surface area (Å²) in [5.41, 5.74) is 0.532. The summed E-state index contributed by atoms with van der Waals surface area (Å²) < 4.78 is 39.4. The van der Waals surface area contributed by atoms with Gasteiger partial charge in [-0.3, -0.25) is 9.59 Å². The van der Waals surface area contributed by atoms with Crippen LogP contribution in [0, 0.1) is 11.8 Å². The molecule has 2 fully saturated rings. The van der Waals surface area contributed by atoms with Crippen molar-refractivity contribution in [3.8, 4) is 5.75 Å². The quantitative estimate of drug-likeness (QED) is 0.0564. The summed E-state index contributed by atoms with van der Waals surface area (Å²) in [6.07, 6.45) is 0.293. The van der Waals surface area contributed by atoms with E-state index in [-0.39, 0.29) is 72.9 Å². The van der Waals surface area contributed by atoms with Gasteiger partial charge in [-0.1, -0.05) is 27.7 Å². The molecular weight excluding hydrogens is 685 g/mol. The Balaban J connectivity index is 1.71. The van der Waals surface area contributed by atoms with Gasteiger partial charge < -0.3 is 27.2 Å². The van der Waals surface area contributed by atoms with E-state index < -0.39 is 33.3 Å². The molecule has 0 bridgehead atoms. The van der Waals surface area contributed by atoms with Gasteiger partial charge in [-0.2, -0.15) is 0 Å². The fraction of sp³-hybridized carbons (Fsp3) is 0.784. The van der Waals surface area contributed by atoms with Crippen LogP contribution in [0.5, 0.6) is 5.75 Å². The van der Waals surface area contributed by atoms with E-state index in [1.165, 1.54) is 0 Å². The van der Waals surface area contributed by atoms with Crippen LogP contribution in [0.25, 0.3) is 0 Å². The number of ether oxygens (including phenoxy) is 2. The van der Waals surface area contributed by atoms with Crippen molar-refractivity contribution in [3.63, 3.8) is 0 Å². The maximum atomic E-state index is 13.5. The Hall–Kier alpha value is -0.972. The zero-order valence-corrected chi connectivity index (χ0v) is 37.1. The van der Waals surface area contributed by atoms with Gasteiger partial charge in [-0.05, 0) is 108 Å². The van der Waals surface area contributed by atoms with Crippen molar-refractivity contribution in [1.29, 1.82) is 0 Å². The minimum atomic E-state index is -2.05. The molecule has 2 aliphatic heterocycles. The Morgan fingerprint density at radius 2 is 1.35 bits per heavy atom. The molecule has 0 spiro atoms. The molecule has 8 atom stereocenters. The van der Waals surface area contributed by atoms with Crippen LogP contribution >= 0.6 is 0 Å². The topological polar surface area (TPSA) is 92.8 Å². The number of rotatable bonds is 20. The average Bonchev–Trinajstić information content (AvgIpc) is 3.75. The largest absolute Gasteiger partial charge is 0.544 e. The van der Waals surface area contributed by atoms with E-state index in [9.17, 15) is 9.59 Å². The second kappa shape index (κ2) is 17.2. The molecule has 0 amide bonds. The summed E-state index contributed by atoms with van der Waals surface area (Å²) in [5, 5.41) is 0. The first-order valence-corrected chi connectivity index (χ1v) is 31.5. The zero-order valence-electron chi connectivity index (χ0n) is 33.1. The van der Waals surface area contributed by atoms with Crippen LogP contribution in [0.15, 0.2) is 24.3 Å². The molecule has 0 aromatic heterocycles. The molecule has 0 N–H and O–H groups in total. The van der Waals surface area contributed by atoms with Gasteiger partial charge in [-0.25, -0.2) is 0 Å². The first-order chi connectivity index (χ1) is 22.6. The molecule has 1 aromatic rings. The second-order valence-electron chi connectivity index (χ2n) is 17.4. The van der Waals surface area contributed by atoms with Crippen LogP contribution in [0.3, 0.4) is 0 Å². The highest BCUT2D eigenvalue weighted by Gasteiger charge is 2.52. The van der Waals surface area contributed by atoms with Gasteiger partial charge >= 0.3 is 0 Å². The molecular formula is C37H68O8Si4. The van der Waals surface area contributed by atoms with E-state index in [2.05, 4.69) is 93.5 Å². The molecule has 8 nitrogen and oxygen atoms in total. The Kier molecular flexibility index (Phi) is 14.9. The second-order valence-corrected chi connectivity index (χ2v) is 35.5. The molecule has 280 valence electrons. The third-order valence-electron chi connectivity index (χ3n) is 9.83. The van der Waals surface area contributed by atoms with Gasteiger partial charge in [0.25, 0.3) is 0 Å². The normalized spacial score (nSPS) is 26.2. The monoisotopic (exact) mass is 752 g/mol. The molecule has 2 aliphatic rings. The lowest BCUT2D eigenvalue weighted by Crippen LogP contribution is -2.58. The van der Waals surface area contributed by atoms with E-state index in [0.717, 1.165) is 23.9 Å². The first-order valence-electron chi connectivity index (χ1n) is 18.7. The highest BCUT2D eigenvalue weighted by atomic mass is 28.4. The van der Waals surface area contributed by atoms with E-state index in [1.54, 1.807) is 12.1 Å². The minimum absolute atomic E-state index is 0.0743. The maximum Gasteiger partial charge on any atom is 0.250 e. The highest BCUT2D eigenvalue weighted by Crippen LogP contribution is 2.41. The highest BCUT2D eigenvalue weighted by molar-refractivity contribution is 6.74. The summed E-state index contributed by atoms with van der Waals surface area (Å²) >= 11 is 0. The van der Waals surface area contributed by atoms with Gasteiger partial charge in [0.1, 0.15) is 11.5 Å². The molecule has 0 saturated carbocycles. The van der Waals surface area contributed by atoms with Crippen molar-refractivity contribution < 1.29 is 36.8 Å². The van der Waals surface area contributed by atoms with Crippen molar-refractivity contribution in [2.24, 2.45) is 11.8 Å². The summed E-state index contributed by atoms with van der Waals surface area (Å²) in [7, 11) is -7.55. The van der Waals surface area contributed by atoms with Gasteiger partial charge in [0.05, 0.1) is 43.5 Å². The number of carbonyl (C=O) groups is 2. The van der Waals surface area contributed by atoms with Crippen LogP contribution in [0.2, 0.25) is 77.1 Å². The number of carbonyl (C=O) groups excluding carboxylic acids is 2. The van der Waals surface area contributed by atoms with Crippen LogP contribution in [0.4, 0.5) is 0 Å². The standard InChI is InChI=1S/C37H68O8Si4/c1-15-49(16-2,17-3)43-31-20-18-28(19-21-31)32(39)23-30(38)22-29-25-40-33(37(45-48(12,13)14)36(29)44-47(9,10)11)24-34-35(41-34)26(4)27(5)42-46(6,7)8/h18-21,26-27,29,33-37H,15-17,22-25H2,1-14H3/t26-,27+,29+,33+,34+,35+,36-,37-/m1/s1. The number of hydrogen-bond donors (Lipinski definition) is 0. The predicted octanol–water partition coefficient (Wildman–Crippen LogP) is 9.09. The molecule has 2 heterocycles. The van der Waals surface area contributed by atoms with Crippen LogP contribution in [-0.2, 0) is 27.5 Å². The Morgan fingerprint density at radius 3 is 1.86 bits per heavy atom. The number of benzene rings is 1. The van der Waals surface area contributed by atoms with Crippen molar-refractivity contribution >= 4 is 44.8 Å². The fourth-order valence-electron chi connectivity index (χ4n) is 6.96. The lowest BCUT2D eigenvalue weighted by Gasteiger charge is -2.47. The molecule has 1 aromatic carbocycles. The molecule has 2 saturated heterocycles. The van der Waals surface area contributed by atoms with Gasteiger partial charge in [0.2, 0.25) is 8.32 Å². The van der Waals surface area contributed by atoms with Crippen molar-refractivity contribution in [2.45, 2.75) is 168 Å². The zero-order chi connectivity index (χ0) is 36.9. The Morgan fingerprint density at radius 1 is 0.796 bits per heavy atom. The summed E-state index contributed by atoms with van der Waals surface area (Å²) in [4.78, 5) is 26.8. The molecule has 0 radical (unpaired) electrons. The molecule has 12 heteroatoms. The molecule has 0 unspecified atom stereocenters. The lowest BCUT2D eigenvalue weighted by molar-refractivity contribution is -0.158. The van der Waals surface area contributed by atoms with E-state index in [1.807, 2.05) is 12.1 Å². The fourth-order valence-corrected chi connectivity index (χ4v) is 13.1. The van der Waals surface area contributed by atoms with E-state index in [4.69, 9.17) is 27.2 Å². The predicted molar refractivity (Wildman–Crippen MR) is 209 cm³/mol. The average molecular weight is 753 g/mol. The van der Waals surface area contributed by atoms with E-state index in [0.29, 0.717) is 18.6 Å². The third kappa shape index (κ3) is 13.2. The van der Waals surface area contributed by atoms with Gasteiger partial charge in [0.15, 0.2) is 30.7 Å².